The van der Waals surface area contributed by atoms with E-state index in [1.165, 1.54) is 25.7 Å². The van der Waals surface area contributed by atoms with Crippen LogP contribution in [0.4, 0.5) is 0 Å². The number of halogens is 1. The zero-order chi connectivity index (χ0) is 15.4. The van der Waals surface area contributed by atoms with Crippen LogP contribution in [0.3, 0.4) is 0 Å². The number of benzene rings is 1. The number of piperazine rings is 1. The third kappa shape index (κ3) is 3.73. The Morgan fingerprint density at radius 1 is 1.14 bits per heavy atom. The first-order valence-electron chi connectivity index (χ1n) is 8.13. The van der Waals surface area contributed by atoms with Crippen LogP contribution < -0.4 is 4.74 Å². The van der Waals surface area contributed by atoms with Crippen LogP contribution >= 0.6 is 11.6 Å². The van der Waals surface area contributed by atoms with E-state index in [9.17, 15) is 4.79 Å². The Labute approximate surface area is 137 Å². The van der Waals surface area contributed by atoms with Gasteiger partial charge in [-0.15, -0.1) is 0 Å². The lowest BCUT2D eigenvalue weighted by Gasteiger charge is -2.38. The lowest BCUT2D eigenvalue weighted by Crippen LogP contribution is -2.52. The van der Waals surface area contributed by atoms with Gasteiger partial charge in [-0.2, -0.15) is 0 Å². The normalized spacial score (nSPS) is 20.3. The Kier molecular flexibility index (Phi) is 5.21. The van der Waals surface area contributed by atoms with Gasteiger partial charge in [-0.05, 0) is 25.0 Å². The number of amides is 1. The molecule has 120 valence electrons. The summed E-state index contributed by atoms with van der Waals surface area (Å²) in [5, 5.41) is 0.543. The summed E-state index contributed by atoms with van der Waals surface area (Å²) >= 11 is 6.03. The predicted molar refractivity (Wildman–Crippen MR) is 87.4 cm³/mol. The van der Waals surface area contributed by atoms with Crippen molar-refractivity contribution in [2.75, 3.05) is 32.8 Å². The van der Waals surface area contributed by atoms with E-state index in [4.69, 9.17) is 16.3 Å². The molecule has 1 aromatic carbocycles. The van der Waals surface area contributed by atoms with E-state index in [0.717, 1.165) is 32.2 Å². The van der Waals surface area contributed by atoms with Crippen molar-refractivity contribution in [3.63, 3.8) is 0 Å². The van der Waals surface area contributed by atoms with Crippen molar-refractivity contribution in [3.8, 4) is 5.75 Å². The molecule has 0 unspecified atom stereocenters. The molecule has 0 spiro atoms. The largest absolute Gasteiger partial charge is 0.482 e. The molecule has 2 aliphatic rings. The van der Waals surface area contributed by atoms with Crippen molar-refractivity contribution in [3.05, 3.63) is 29.3 Å². The highest BCUT2D eigenvalue weighted by atomic mass is 35.5. The Balaban J connectivity index is 1.45. The lowest BCUT2D eigenvalue weighted by molar-refractivity contribution is -0.135. The van der Waals surface area contributed by atoms with Gasteiger partial charge in [-0.25, -0.2) is 0 Å². The van der Waals surface area contributed by atoms with E-state index in [0.29, 0.717) is 10.8 Å². The molecule has 1 saturated carbocycles. The molecule has 1 amide bonds. The minimum Gasteiger partial charge on any atom is -0.482 e. The molecule has 1 saturated heterocycles. The molecule has 4 nitrogen and oxygen atoms in total. The maximum absolute atomic E-state index is 12.2. The second-order valence-corrected chi connectivity index (χ2v) is 6.48. The number of para-hydroxylation sites is 1. The first-order chi connectivity index (χ1) is 10.7. The molecule has 1 aromatic rings. The van der Waals surface area contributed by atoms with Crippen molar-refractivity contribution in [2.45, 2.75) is 31.7 Å². The molecule has 2 fully saturated rings. The fourth-order valence-electron chi connectivity index (χ4n) is 3.40. The van der Waals surface area contributed by atoms with Gasteiger partial charge >= 0.3 is 0 Å². The van der Waals surface area contributed by atoms with Crippen LogP contribution in [-0.2, 0) is 4.79 Å². The number of carbonyl (C=O) groups excluding carboxylic acids is 1. The van der Waals surface area contributed by atoms with Gasteiger partial charge in [0.1, 0.15) is 5.75 Å². The van der Waals surface area contributed by atoms with Crippen LogP contribution in [0.1, 0.15) is 25.7 Å². The fourth-order valence-corrected chi connectivity index (χ4v) is 3.59. The highest BCUT2D eigenvalue weighted by molar-refractivity contribution is 6.32. The first kappa shape index (κ1) is 15.6. The van der Waals surface area contributed by atoms with Crippen molar-refractivity contribution in [2.24, 2.45) is 0 Å². The average Bonchev–Trinajstić information content (AvgIpc) is 3.08. The number of rotatable bonds is 4. The molecule has 1 heterocycles. The topological polar surface area (TPSA) is 32.8 Å². The SMILES string of the molecule is O=C(COc1ccccc1Cl)N1CCN(C2CCCC2)CC1. The van der Waals surface area contributed by atoms with E-state index in [1.54, 1.807) is 12.1 Å². The monoisotopic (exact) mass is 322 g/mol. The number of ether oxygens (including phenoxy) is 1. The van der Waals surface area contributed by atoms with E-state index in [1.807, 2.05) is 17.0 Å². The molecule has 0 atom stereocenters. The van der Waals surface area contributed by atoms with Crippen LogP contribution in [0, 0.1) is 0 Å². The summed E-state index contributed by atoms with van der Waals surface area (Å²) in [6, 6.07) is 8.00. The minimum absolute atomic E-state index is 0.0472. The Hall–Kier alpha value is -1.26. The highest BCUT2D eigenvalue weighted by Crippen LogP contribution is 2.25. The van der Waals surface area contributed by atoms with E-state index >= 15 is 0 Å². The van der Waals surface area contributed by atoms with Crippen LogP contribution in [0.2, 0.25) is 5.02 Å². The number of hydrogen-bond acceptors (Lipinski definition) is 3. The smallest absolute Gasteiger partial charge is 0.260 e. The molecular weight excluding hydrogens is 300 g/mol. The van der Waals surface area contributed by atoms with Crippen LogP contribution in [0.25, 0.3) is 0 Å². The molecule has 0 N–H and O–H groups in total. The second kappa shape index (κ2) is 7.34. The molecule has 5 heteroatoms. The standard InChI is InChI=1S/C17H23ClN2O2/c18-15-7-3-4-8-16(15)22-13-17(21)20-11-9-19(10-12-20)14-5-1-2-6-14/h3-4,7-8,14H,1-2,5-6,9-13H2. The maximum Gasteiger partial charge on any atom is 0.260 e. The molecular formula is C17H23ClN2O2. The van der Waals surface area contributed by atoms with Gasteiger partial charge < -0.3 is 9.64 Å². The molecule has 0 aromatic heterocycles. The third-order valence-electron chi connectivity index (χ3n) is 4.70. The first-order valence-corrected chi connectivity index (χ1v) is 8.51. The van der Waals surface area contributed by atoms with E-state index < -0.39 is 0 Å². The quantitative estimate of drug-likeness (QED) is 0.854. The molecule has 3 rings (SSSR count). The van der Waals surface area contributed by atoms with Crippen molar-refractivity contribution < 1.29 is 9.53 Å². The highest BCUT2D eigenvalue weighted by Gasteiger charge is 2.27. The summed E-state index contributed by atoms with van der Waals surface area (Å²) in [6.07, 6.45) is 5.36. The molecule has 0 bridgehead atoms. The van der Waals surface area contributed by atoms with Gasteiger partial charge in [0, 0.05) is 32.2 Å². The molecule has 1 aliphatic carbocycles. The molecule has 1 aliphatic heterocycles. The Morgan fingerprint density at radius 3 is 2.50 bits per heavy atom. The summed E-state index contributed by atoms with van der Waals surface area (Å²) in [5.41, 5.74) is 0. The summed E-state index contributed by atoms with van der Waals surface area (Å²) in [4.78, 5) is 16.7. The second-order valence-electron chi connectivity index (χ2n) is 6.07. The van der Waals surface area contributed by atoms with Crippen LogP contribution in [-0.4, -0.2) is 54.5 Å². The van der Waals surface area contributed by atoms with Crippen molar-refractivity contribution >= 4 is 17.5 Å². The van der Waals surface area contributed by atoms with Gasteiger partial charge in [0.2, 0.25) is 0 Å². The fraction of sp³-hybridized carbons (Fsp3) is 0.588. The van der Waals surface area contributed by atoms with E-state index in [-0.39, 0.29) is 12.5 Å². The van der Waals surface area contributed by atoms with Crippen molar-refractivity contribution in [1.82, 2.24) is 9.80 Å². The number of hydrogen-bond donors (Lipinski definition) is 0. The Morgan fingerprint density at radius 2 is 1.82 bits per heavy atom. The Bertz CT molecular complexity index is 509. The third-order valence-corrected chi connectivity index (χ3v) is 5.01. The predicted octanol–water partition coefficient (Wildman–Crippen LogP) is 2.81. The van der Waals surface area contributed by atoms with E-state index in [2.05, 4.69) is 4.90 Å². The average molecular weight is 323 g/mol. The van der Waals surface area contributed by atoms with Gasteiger partial charge in [0.05, 0.1) is 5.02 Å². The summed E-state index contributed by atoms with van der Waals surface area (Å²) in [5.74, 6) is 0.619. The zero-order valence-corrected chi connectivity index (χ0v) is 13.6. The minimum atomic E-state index is 0.0472. The molecule has 22 heavy (non-hydrogen) atoms. The van der Waals surface area contributed by atoms with Gasteiger partial charge in [0.25, 0.3) is 5.91 Å². The van der Waals surface area contributed by atoms with Crippen LogP contribution in [0.15, 0.2) is 24.3 Å². The lowest BCUT2D eigenvalue weighted by atomic mass is 10.2. The van der Waals surface area contributed by atoms with Crippen LogP contribution in [0.5, 0.6) is 5.75 Å². The van der Waals surface area contributed by atoms with Crippen molar-refractivity contribution in [1.29, 1.82) is 0 Å². The zero-order valence-electron chi connectivity index (χ0n) is 12.8. The van der Waals surface area contributed by atoms with Gasteiger partial charge in [-0.1, -0.05) is 36.6 Å². The molecule has 0 radical (unpaired) electrons. The maximum atomic E-state index is 12.2. The summed E-state index contributed by atoms with van der Waals surface area (Å²) in [7, 11) is 0. The van der Waals surface area contributed by atoms with Gasteiger partial charge in [0.15, 0.2) is 6.61 Å². The van der Waals surface area contributed by atoms with Gasteiger partial charge in [-0.3, -0.25) is 9.69 Å². The number of nitrogens with zero attached hydrogens (tertiary/aromatic N) is 2. The summed E-state index contributed by atoms with van der Waals surface area (Å²) < 4.78 is 5.54. The summed E-state index contributed by atoms with van der Waals surface area (Å²) in [6.45, 7) is 3.65. The number of carbonyl (C=O) groups is 1.